The van der Waals surface area contributed by atoms with Crippen LogP contribution in [0, 0.1) is 18.3 Å². The highest BCUT2D eigenvalue weighted by atomic mass is 35.5. The molecule has 0 aliphatic carbocycles. The van der Waals surface area contributed by atoms with E-state index in [2.05, 4.69) is 5.32 Å². The number of ether oxygens (including phenoxy) is 2. The molecule has 1 N–H and O–H groups in total. The fraction of sp³-hybridized carbons (Fsp3) is 0.190. The van der Waals surface area contributed by atoms with Gasteiger partial charge in [0.05, 0.1) is 6.61 Å². The lowest BCUT2D eigenvalue weighted by molar-refractivity contribution is -0.145. The van der Waals surface area contributed by atoms with E-state index in [1.54, 1.807) is 49.4 Å². The molecule has 0 saturated heterocycles. The second-order valence-electron chi connectivity index (χ2n) is 5.75. The molecule has 0 aromatic heterocycles. The van der Waals surface area contributed by atoms with Crippen molar-refractivity contribution in [3.05, 3.63) is 64.2 Å². The molecule has 0 fully saturated rings. The van der Waals surface area contributed by atoms with Gasteiger partial charge in [0, 0.05) is 10.7 Å². The number of anilines is 1. The molecule has 0 aliphatic heterocycles. The van der Waals surface area contributed by atoms with Crippen LogP contribution < -0.4 is 10.1 Å². The molecule has 144 valence electrons. The lowest BCUT2D eigenvalue weighted by atomic mass is 10.1. The molecule has 2 aromatic rings. The van der Waals surface area contributed by atoms with Crippen molar-refractivity contribution < 1.29 is 19.1 Å². The van der Waals surface area contributed by atoms with E-state index in [0.717, 1.165) is 5.56 Å². The van der Waals surface area contributed by atoms with E-state index < -0.39 is 11.9 Å². The molecule has 0 bridgehead atoms. The minimum Gasteiger partial charge on any atom is -0.482 e. The number of nitriles is 1. The number of nitrogens with one attached hydrogen (secondary N) is 1. The van der Waals surface area contributed by atoms with Gasteiger partial charge in [0.25, 0.3) is 5.91 Å². The number of amides is 1. The molecule has 0 saturated carbocycles. The number of aryl methyl sites for hydroxylation is 1. The van der Waals surface area contributed by atoms with Gasteiger partial charge >= 0.3 is 5.97 Å². The van der Waals surface area contributed by atoms with Crippen molar-refractivity contribution in [2.24, 2.45) is 0 Å². The van der Waals surface area contributed by atoms with Gasteiger partial charge in [0.15, 0.2) is 6.61 Å². The minimum atomic E-state index is -0.537. The molecule has 0 spiro atoms. The minimum absolute atomic E-state index is 0.0584. The molecule has 0 unspecified atom stereocenters. The molecule has 0 aliphatic rings. The Morgan fingerprint density at radius 3 is 2.54 bits per heavy atom. The number of carbonyl (C=O) groups excluding carboxylic acids is 2. The van der Waals surface area contributed by atoms with E-state index in [-0.39, 0.29) is 12.2 Å². The van der Waals surface area contributed by atoms with Gasteiger partial charge in [0.1, 0.15) is 17.4 Å². The summed E-state index contributed by atoms with van der Waals surface area (Å²) in [6, 6.07) is 13.6. The van der Waals surface area contributed by atoms with Crippen LogP contribution in [0.1, 0.15) is 18.1 Å². The van der Waals surface area contributed by atoms with Crippen LogP contribution in [0.15, 0.2) is 48.0 Å². The second-order valence-corrected chi connectivity index (χ2v) is 6.16. The Kier molecular flexibility index (Phi) is 7.61. The summed E-state index contributed by atoms with van der Waals surface area (Å²) in [4.78, 5) is 23.6. The quantitative estimate of drug-likeness (QED) is 0.430. The summed E-state index contributed by atoms with van der Waals surface area (Å²) in [6.45, 7) is 3.68. The molecular weight excluding hydrogens is 380 g/mol. The summed E-state index contributed by atoms with van der Waals surface area (Å²) >= 11 is 6.05. The van der Waals surface area contributed by atoms with Gasteiger partial charge in [0.2, 0.25) is 0 Å². The fourth-order valence-corrected chi connectivity index (χ4v) is 2.37. The second kappa shape index (κ2) is 10.1. The number of nitrogens with zero attached hydrogens (tertiary/aromatic N) is 1. The van der Waals surface area contributed by atoms with E-state index >= 15 is 0 Å². The third kappa shape index (κ3) is 6.15. The van der Waals surface area contributed by atoms with Gasteiger partial charge in [-0.25, -0.2) is 4.79 Å². The smallest absolute Gasteiger partial charge is 0.344 e. The Labute approximate surface area is 168 Å². The standard InChI is InChI=1S/C21H19ClN2O4/c1-3-27-20(25)13-28-18-8-5-15(6-9-18)10-16(12-23)21(26)24-17-7-4-14(2)19(22)11-17/h4-11H,3,13H2,1-2H3,(H,24,26). The maximum atomic E-state index is 12.3. The lowest BCUT2D eigenvalue weighted by Crippen LogP contribution is -2.14. The van der Waals surface area contributed by atoms with Gasteiger partial charge in [-0.1, -0.05) is 29.8 Å². The molecule has 6 nitrogen and oxygen atoms in total. The van der Waals surface area contributed by atoms with Crippen molar-refractivity contribution in [1.29, 1.82) is 5.26 Å². The van der Waals surface area contributed by atoms with Crippen LogP contribution in [0.5, 0.6) is 5.75 Å². The van der Waals surface area contributed by atoms with Crippen LogP contribution >= 0.6 is 11.6 Å². The first kappa shape index (κ1) is 21.0. The van der Waals surface area contributed by atoms with Crippen LogP contribution in [-0.2, 0) is 14.3 Å². The highest BCUT2D eigenvalue weighted by Crippen LogP contribution is 2.21. The number of rotatable bonds is 7. The third-order valence-electron chi connectivity index (χ3n) is 3.65. The van der Waals surface area contributed by atoms with Crippen molar-refractivity contribution in [2.75, 3.05) is 18.5 Å². The maximum absolute atomic E-state index is 12.3. The first-order valence-corrected chi connectivity index (χ1v) is 8.88. The topological polar surface area (TPSA) is 88.4 Å². The van der Waals surface area contributed by atoms with E-state index in [4.69, 9.17) is 21.1 Å². The Bertz CT molecular complexity index is 930. The van der Waals surface area contributed by atoms with Crippen molar-refractivity contribution >= 4 is 35.2 Å². The average Bonchev–Trinajstić information content (AvgIpc) is 2.68. The van der Waals surface area contributed by atoms with Crippen LogP contribution in [0.2, 0.25) is 5.02 Å². The molecule has 28 heavy (non-hydrogen) atoms. The number of hydrogen-bond acceptors (Lipinski definition) is 5. The van der Waals surface area contributed by atoms with Crippen molar-refractivity contribution in [3.8, 4) is 11.8 Å². The van der Waals surface area contributed by atoms with E-state index in [9.17, 15) is 14.9 Å². The molecule has 0 atom stereocenters. The Morgan fingerprint density at radius 2 is 1.93 bits per heavy atom. The van der Waals surface area contributed by atoms with E-state index in [1.165, 1.54) is 6.08 Å². The average molecular weight is 399 g/mol. The monoisotopic (exact) mass is 398 g/mol. The summed E-state index contributed by atoms with van der Waals surface area (Å²) in [7, 11) is 0. The van der Waals surface area contributed by atoms with Gasteiger partial charge in [-0.15, -0.1) is 0 Å². The molecule has 0 heterocycles. The fourth-order valence-electron chi connectivity index (χ4n) is 2.19. The molecule has 7 heteroatoms. The summed E-state index contributed by atoms with van der Waals surface area (Å²) < 4.78 is 10.1. The highest BCUT2D eigenvalue weighted by Gasteiger charge is 2.10. The van der Waals surface area contributed by atoms with E-state index in [0.29, 0.717) is 28.6 Å². The zero-order chi connectivity index (χ0) is 20.5. The summed E-state index contributed by atoms with van der Waals surface area (Å²) in [5.41, 5.74) is 1.97. The van der Waals surface area contributed by atoms with Crippen molar-refractivity contribution in [1.82, 2.24) is 0 Å². The van der Waals surface area contributed by atoms with Crippen molar-refractivity contribution in [2.45, 2.75) is 13.8 Å². The third-order valence-corrected chi connectivity index (χ3v) is 4.06. The number of halogens is 1. The zero-order valence-electron chi connectivity index (χ0n) is 15.5. The van der Waals surface area contributed by atoms with Crippen LogP contribution in [-0.4, -0.2) is 25.1 Å². The summed E-state index contributed by atoms with van der Waals surface area (Å²) in [5, 5.41) is 12.5. The normalized spacial score (nSPS) is 10.7. The summed E-state index contributed by atoms with van der Waals surface area (Å²) in [5.74, 6) is -0.515. The zero-order valence-corrected chi connectivity index (χ0v) is 16.2. The van der Waals surface area contributed by atoms with Gasteiger partial charge < -0.3 is 14.8 Å². The predicted molar refractivity (Wildman–Crippen MR) is 107 cm³/mol. The van der Waals surface area contributed by atoms with Crippen LogP contribution in [0.25, 0.3) is 6.08 Å². The SMILES string of the molecule is CCOC(=O)COc1ccc(C=C(C#N)C(=O)Nc2ccc(C)c(Cl)c2)cc1. The lowest BCUT2D eigenvalue weighted by Gasteiger charge is -2.07. The molecule has 1 amide bonds. The van der Waals surface area contributed by atoms with Gasteiger partial charge in [-0.3, -0.25) is 4.79 Å². The number of hydrogen-bond donors (Lipinski definition) is 1. The largest absolute Gasteiger partial charge is 0.482 e. The molecule has 0 radical (unpaired) electrons. The first-order valence-electron chi connectivity index (χ1n) is 8.50. The maximum Gasteiger partial charge on any atom is 0.344 e. The van der Waals surface area contributed by atoms with Gasteiger partial charge in [-0.05, 0) is 55.3 Å². The van der Waals surface area contributed by atoms with E-state index in [1.807, 2.05) is 13.0 Å². The van der Waals surface area contributed by atoms with Crippen LogP contribution in [0.3, 0.4) is 0 Å². The Balaban J connectivity index is 2.04. The van der Waals surface area contributed by atoms with Crippen molar-refractivity contribution in [3.63, 3.8) is 0 Å². The highest BCUT2D eigenvalue weighted by molar-refractivity contribution is 6.31. The molecular formula is C21H19ClN2O4. The predicted octanol–water partition coefficient (Wildman–Crippen LogP) is 4.14. The molecule has 2 rings (SSSR count). The Hall–Kier alpha value is -3.30. The summed E-state index contributed by atoms with van der Waals surface area (Å²) in [6.07, 6.45) is 1.46. The number of esters is 1. The number of carbonyl (C=O) groups is 2. The molecule has 2 aromatic carbocycles. The Morgan fingerprint density at radius 1 is 1.21 bits per heavy atom. The van der Waals surface area contributed by atoms with Gasteiger partial charge in [-0.2, -0.15) is 5.26 Å². The van der Waals surface area contributed by atoms with Crippen LogP contribution in [0.4, 0.5) is 5.69 Å². The number of benzene rings is 2. The first-order chi connectivity index (χ1) is 13.4.